The second kappa shape index (κ2) is 4.20. The predicted molar refractivity (Wildman–Crippen MR) is 58.2 cm³/mol. The van der Waals surface area contributed by atoms with Gasteiger partial charge in [-0.3, -0.25) is 0 Å². The van der Waals surface area contributed by atoms with Crippen molar-refractivity contribution in [2.75, 3.05) is 7.05 Å². The highest BCUT2D eigenvalue weighted by Gasteiger charge is 2.26. The van der Waals surface area contributed by atoms with Crippen molar-refractivity contribution in [2.24, 2.45) is 0 Å². The van der Waals surface area contributed by atoms with E-state index < -0.39 is 0 Å². The van der Waals surface area contributed by atoms with Gasteiger partial charge >= 0.3 is 0 Å². The first-order valence-corrected chi connectivity index (χ1v) is 5.62. The van der Waals surface area contributed by atoms with Gasteiger partial charge in [0.05, 0.1) is 5.54 Å². The summed E-state index contributed by atoms with van der Waals surface area (Å²) in [7, 11) is 2.01. The summed E-state index contributed by atoms with van der Waals surface area (Å²) in [6, 6.07) is 0. The van der Waals surface area contributed by atoms with Gasteiger partial charge in [-0.05, 0) is 27.3 Å². The summed E-state index contributed by atoms with van der Waals surface area (Å²) in [6.07, 6.45) is 2.31. The van der Waals surface area contributed by atoms with Crippen LogP contribution >= 0.6 is 11.3 Å². The molecule has 0 saturated carbocycles. The number of nitrogens with zero attached hydrogens (tertiary/aromatic N) is 1. The molecule has 0 aliphatic carbocycles. The fourth-order valence-electron chi connectivity index (χ4n) is 1.45. The molecule has 0 bridgehead atoms. The molecule has 1 unspecified atom stereocenters. The van der Waals surface area contributed by atoms with Crippen LogP contribution in [0.15, 0.2) is 5.38 Å². The van der Waals surface area contributed by atoms with Crippen LogP contribution in [0.4, 0.5) is 0 Å². The molecule has 0 saturated heterocycles. The van der Waals surface area contributed by atoms with Gasteiger partial charge in [0.15, 0.2) is 0 Å². The lowest BCUT2D eigenvalue weighted by atomic mass is 9.97. The van der Waals surface area contributed by atoms with Gasteiger partial charge in [0, 0.05) is 11.1 Å². The summed E-state index contributed by atoms with van der Waals surface area (Å²) in [5, 5.41) is 6.67. The average molecular weight is 198 g/mol. The van der Waals surface area contributed by atoms with E-state index in [1.807, 2.05) is 14.0 Å². The van der Waals surface area contributed by atoms with Gasteiger partial charge in [0.1, 0.15) is 5.01 Å². The Hall–Kier alpha value is -0.410. The molecule has 0 radical (unpaired) electrons. The maximum absolute atomic E-state index is 4.53. The Kier molecular flexibility index (Phi) is 3.45. The third-order valence-corrected chi connectivity index (χ3v) is 3.62. The van der Waals surface area contributed by atoms with Crippen LogP contribution in [0.3, 0.4) is 0 Å². The van der Waals surface area contributed by atoms with Crippen LogP contribution in [-0.4, -0.2) is 12.0 Å². The Morgan fingerprint density at radius 3 is 2.69 bits per heavy atom. The fourth-order valence-corrected chi connectivity index (χ4v) is 2.44. The van der Waals surface area contributed by atoms with Crippen LogP contribution in [-0.2, 0) is 5.54 Å². The lowest BCUT2D eigenvalue weighted by Gasteiger charge is -2.26. The van der Waals surface area contributed by atoms with E-state index in [1.54, 1.807) is 11.3 Å². The molecule has 74 valence electrons. The number of thiazole rings is 1. The van der Waals surface area contributed by atoms with Crippen molar-refractivity contribution in [3.8, 4) is 0 Å². The molecule has 3 heteroatoms. The molecule has 1 aromatic heterocycles. The second-order valence-electron chi connectivity index (χ2n) is 3.63. The van der Waals surface area contributed by atoms with Crippen molar-refractivity contribution in [3.63, 3.8) is 0 Å². The van der Waals surface area contributed by atoms with Gasteiger partial charge < -0.3 is 5.32 Å². The Morgan fingerprint density at radius 1 is 1.62 bits per heavy atom. The minimum absolute atomic E-state index is 0.0632. The summed E-state index contributed by atoms with van der Waals surface area (Å²) < 4.78 is 0. The third kappa shape index (κ3) is 2.29. The van der Waals surface area contributed by atoms with E-state index in [-0.39, 0.29) is 5.54 Å². The zero-order chi connectivity index (χ0) is 9.90. The van der Waals surface area contributed by atoms with Gasteiger partial charge in [0.2, 0.25) is 0 Å². The van der Waals surface area contributed by atoms with E-state index >= 15 is 0 Å². The molecule has 1 aromatic rings. The van der Waals surface area contributed by atoms with Crippen molar-refractivity contribution in [1.82, 2.24) is 10.3 Å². The first-order chi connectivity index (χ1) is 6.12. The topological polar surface area (TPSA) is 24.9 Å². The zero-order valence-corrected chi connectivity index (χ0v) is 9.66. The lowest BCUT2D eigenvalue weighted by molar-refractivity contribution is 0.363. The number of hydrogen-bond acceptors (Lipinski definition) is 3. The standard InChI is InChI=1S/C10H18N2S/c1-5-6-10(3,11-4)9-12-8(2)7-13-9/h7,11H,5-6H2,1-4H3. The molecule has 0 fully saturated rings. The number of aryl methyl sites for hydroxylation is 1. The summed E-state index contributed by atoms with van der Waals surface area (Å²) in [5.74, 6) is 0. The first kappa shape index (κ1) is 10.7. The van der Waals surface area contributed by atoms with Gasteiger partial charge in [-0.25, -0.2) is 4.98 Å². The van der Waals surface area contributed by atoms with Gasteiger partial charge in [-0.2, -0.15) is 0 Å². The summed E-state index contributed by atoms with van der Waals surface area (Å²) in [4.78, 5) is 4.53. The zero-order valence-electron chi connectivity index (χ0n) is 8.85. The Balaban J connectivity index is 2.88. The summed E-state index contributed by atoms with van der Waals surface area (Å²) in [5.41, 5.74) is 1.19. The van der Waals surface area contributed by atoms with E-state index in [4.69, 9.17) is 0 Å². The number of aromatic nitrogens is 1. The summed E-state index contributed by atoms with van der Waals surface area (Å²) in [6.45, 7) is 6.47. The highest BCUT2D eigenvalue weighted by atomic mass is 32.1. The molecular formula is C10H18N2S. The van der Waals surface area contributed by atoms with Gasteiger partial charge in [-0.1, -0.05) is 13.3 Å². The fraction of sp³-hybridized carbons (Fsp3) is 0.700. The van der Waals surface area contributed by atoms with E-state index in [9.17, 15) is 0 Å². The molecule has 1 atom stereocenters. The van der Waals surface area contributed by atoms with Crippen LogP contribution in [0.1, 0.15) is 37.4 Å². The molecule has 0 aromatic carbocycles. The van der Waals surface area contributed by atoms with Crippen LogP contribution in [0.25, 0.3) is 0 Å². The Labute approximate surface area is 84.4 Å². The first-order valence-electron chi connectivity index (χ1n) is 4.74. The molecule has 0 aliphatic rings. The minimum Gasteiger partial charge on any atom is -0.309 e. The minimum atomic E-state index is 0.0632. The number of hydrogen-bond donors (Lipinski definition) is 1. The van der Waals surface area contributed by atoms with Crippen LogP contribution in [0.5, 0.6) is 0 Å². The Bertz CT molecular complexity index is 270. The third-order valence-electron chi connectivity index (χ3n) is 2.39. The predicted octanol–water partition coefficient (Wildman–Crippen LogP) is 2.69. The highest BCUT2D eigenvalue weighted by molar-refractivity contribution is 7.09. The maximum atomic E-state index is 4.53. The Morgan fingerprint density at radius 2 is 2.31 bits per heavy atom. The molecule has 0 amide bonds. The van der Waals surface area contributed by atoms with Crippen LogP contribution < -0.4 is 5.32 Å². The highest BCUT2D eigenvalue weighted by Crippen LogP contribution is 2.28. The van der Waals surface area contributed by atoms with Gasteiger partial charge in [-0.15, -0.1) is 11.3 Å². The van der Waals surface area contributed by atoms with Crippen molar-refractivity contribution in [3.05, 3.63) is 16.1 Å². The smallest absolute Gasteiger partial charge is 0.113 e. The quantitative estimate of drug-likeness (QED) is 0.804. The molecule has 0 aliphatic heterocycles. The van der Waals surface area contributed by atoms with E-state index in [0.29, 0.717) is 0 Å². The van der Waals surface area contributed by atoms with Crippen molar-refractivity contribution in [2.45, 2.75) is 39.2 Å². The van der Waals surface area contributed by atoms with E-state index in [2.05, 4.69) is 29.5 Å². The second-order valence-corrected chi connectivity index (χ2v) is 4.48. The van der Waals surface area contributed by atoms with Crippen LogP contribution in [0.2, 0.25) is 0 Å². The normalized spacial score (nSPS) is 15.7. The van der Waals surface area contributed by atoms with Crippen molar-refractivity contribution < 1.29 is 0 Å². The van der Waals surface area contributed by atoms with Crippen molar-refractivity contribution in [1.29, 1.82) is 0 Å². The van der Waals surface area contributed by atoms with Crippen molar-refractivity contribution >= 4 is 11.3 Å². The number of nitrogens with one attached hydrogen (secondary N) is 1. The average Bonchev–Trinajstić information content (AvgIpc) is 2.52. The number of rotatable bonds is 4. The largest absolute Gasteiger partial charge is 0.309 e. The van der Waals surface area contributed by atoms with E-state index in [0.717, 1.165) is 12.1 Å². The molecular weight excluding hydrogens is 180 g/mol. The molecule has 1 N–H and O–H groups in total. The van der Waals surface area contributed by atoms with Crippen LogP contribution in [0, 0.1) is 6.92 Å². The molecule has 0 spiro atoms. The van der Waals surface area contributed by atoms with E-state index in [1.165, 1.54) is 11.4 Å². The maximum Gasteiger partial charge on any atom is 0.113 e. The monoisotopic (exact) mass is 198 g/mol. The lowest BCUT2D eigenvalue weighted by Crippen LogP contribution is -2.36. The SMILES string of the molecule is CCCC(C)(NC)c1nc(C)cs1. The molecule has 13 heavy (non-hydrogen) atoms. The summed E-state index contributed by atoms with van der Waals surface area (Å²) >= 11 is 1.75. The molecule has 1 rings (SSSR count). The molecule has 2 nitrogen and oxygen atoms in total. The molecule has 1 heterocycles. The van der Waals surface area contributed by atoms with Gasteiger partial charge in [0.25, 0.3) is 0 Å².